The van der Waals surface area contributed by atoms with Crippen LogP contribution >= 0.6 is 12.6 Å². The van der Waals surface area contributed by atoms with Gasteiger partial charge < -0.3 is 15.3 Å². The number of likely N-dealkylation sites (N-methyl/N-ethyl adjacent to an activating group) is 1. The Hall–Kier alpha value is -0.750. The quantitative estimate of drug-likeness (QED) is 0.563. The highest BCUT2D eigenvalue weighted by atomic mass is 32.1. The fraction of sp³-hybridized carbons (Fsp3) is 0.800. The van der Waals surface area contributed by atoms with Gasteiger partial charge in [-0.05, 0) is 13.3 Å². The lowest BCUT2D eigenvalue weighted by atomic mass is 10.2. The monoisotopic (exact) mass is 248 g/mol. The van der Waals surface area contributed by atoms with E-state index >= 15 is 0 Å². The van der Waals surface area contributed by atoms with E-state index in [2.05, 4.69) is 17.9 Å². The van der Waals surface area contributed by atoms with Gasteiger partial charge >= 0.3 is 0 Å². The molecule has 0 saturated heterocycles. The van der Waals surface area contributed by atoms with E-state index in [-0.39, 0.29) is 17.6 Å². The van der Waals surface area contributed by atoms with Crippen molar-refractivity contribution in [3.63, 3.8) is 0 Å². The Labute approximate surface area is 102 Å². The number of nitrogens with zero attached hydrogens (tertiary/aromatic N) is 1. The van der Waals surface area contributed by atoms with Crippen LogP contribution < -0.4 is 5.32 Å². The molecule has 94 valence electrons. The molecule has 2 N–H and O–H groups in total. The lowest BCUT2D eigenvalue weighted by Crippen LogP contribution is -2.48. The van der Waals surface area contributed by atoms with E-state index in [4.69, 9.17) is 5.11 Å². The summed E-state index contributed by atoms with van der Waals surface area (Å²) in [6.07, 6.45) is 0.0761. The molecule has 0 fully saturated rings. The molecule has 0 aliphatic heterocycles. The average Bonchev–Trinajstić information content (AvgIpc) is 2.21. The van der Waals surface area contributed by atoms with Crippen LogP contribution in [0.3, 0.4) is 0 Å². The molecule has 0 bridgehead atoms. The second kappa shape index (κ2) is 7.51. The molecule has 2 unspecified atom stereocenters. The lowest BCUT2D eigenvalue weighted by molar-refractivity contribution is -0.134. The smallest absolute Gasteiger partial charge is 0.245 e. The van der Waals surface area contributed by atoms with Gasteiger partial charge in [-0.3, -0.25) is 9.59 Å². The highest BCUT2D eigenvalue weighted by Crippen LogP contribution is 1.99. The summed E-state index contributed by atoms with van der Waals surface area (Å²) in [7, 11) is 1.64. The van der Waals surface area contributed by atoms with Crippen LogP contribution in [0, 0.1) is 0 Å². The Morgan fingerprint density at radius 2 is 2.06 bits per heavy atom. The van der Waals surface area contributed by atoms with Gasteiger partial charge in [-0.2, -0.15) is 12.6 Å². The topological polar surface area (TPSA) is 69.6 Å². The number of hydrogen-bond donors (Lipinski definition) is 3. The van der Waals surface area contributed by atoms with E-state index in [9.17, 15) is 9.59 Å². The van der Waals surface area contributed by atoms with Crippen LogP contribution in [-0.2, 0) is 9.59 Å². The maximum atomic E-state index is 11.8. The van der Waals surface area contributed by atoms with E-state index in [0.717, 1.165) is 0 Å². The van der Waals surface area contributed by atoms with Crippen LogP contribution in [0.25, 0.3) is 0 Å². The summed E-state index contributed by atoms with van der Waals surface area (Å²) in [5.74, 6) is -0.181. The second-order valence-electron chi connectivity index (χ2n) is 3.83. The molecule has 0 spiro atoms. The van der Waals surface area contributed by atoms with Crippen LogP contribution in [0.2, 0.25) is 0 Å². The first-order valence-corrected chi connectivity index (χ1v) is 5.82. The van der Waals surface area contributed by atoms with Crippen molar-refractivity contribution in [1.29, 1.82) is 0 Å². The molecule has 0 aromatic heterocycles. The predicted octanol–water partition coefficient (Wildman–Crippen LogP) is -0.350. The number of thiol groups is 1. The van der Waals surface area contributed by atoms with Gasteiger partial charge in [-0.15, -0.1) is 0 Å². The second-order valence-corrected chi connectivity index (χ2v) is 4.20. The highest BCUT2D eigenvalue weighted by molar-refractivity contribution is 7.80. The number of rotatable bonds is 6. The summed E-state index contributed by atoms with van der Waals surface area (Å²) in [4.78, 5) is 24.1. The van der Waals surface area contributed by atoms with Crippen molar-refractivity contribution >= 4 is 24.4 Å². The maximum Gasteiger partial charge on any atom is 0.245 e. The zero-order valence-corrected chi connectivity index (χ0v) is 10.8. The average molecular weight is 248 g/mol. The maximum absolute atomic E-state index is 11.8. The van der Waals surface area contributed by atoms with Crippen molar-refractivity contribution in [2.75, 3.05) is 19.3 Å². The van der Waals surface area contributed by atoms with Crippen molar-refractivity contribution in [2.45, 2.75) is 32.4 Å². The fourth-order valence-electron chi connectivity index (χ4n) is 1.19. The van der Waals surface area contributed by atoms with Gasteiger partial charge in [-0.1, -0.05) is 0 Å². The van der Waals surface area contributed by atoms with Crippen LogP contribution in [0.5, 0.6) is 0 Å². The molecule has 0 aliphatic rings. The molecular formula is C10H20N2O3S. The molecule has 0 aromatic rings. The number of carbonyl (C=O) groups is 2. The van der Waals surface area contributed by atoms with Crippen LogP contribution in [-0.4, -0.2) is 53.3 Å². The number of hydrogen-bond acceptors (Lipinski definition) is 4. The molecule has 6 heteroatoms. The zero-order valence-electron chi connectivity index (χ0n) is 9.93. The van der Waals surface area contributed by atoms with E-state index in [1.165, 1.54) is 11.8 Å². The Balaban J connectivity index is 4.21. The lowest BCUT2D eigenvalue weighted by Gasteiger charge is -2.23. The number of carbonyl (C=O) groups excluding carboxylic acids is 2. The van der Waals surface area contributed by atoms with Crippen LogP contribution in [0.4, 0.5) is 0 Å². The van der Waals surface area contributed by atoms with Crippen molar-refractivity contribution in [3.8, 4) is 0 Å². The van der Waals surface area contributed by atoms with Gasteiger partial charge in [0.1, 0.15) is 6.04 Å². The van der Waals surface area contributed by atoms with E-state index < -0.39 is 12.1 Å². The van der Waals surface area contributed by atoms with E-state index in [1.807, 2.05) is 0 Å². The molecule has 5 nitrogen and oxygen atoms in total. The summed E-state index contributed by atoms with van der Waals surface area (Å²) in [6.45, 7) is 3.49. The first-order valence-electron chi connectivity index (χ1n) is 5.19. The minimum Gasteiger partial charge on any atom is -0.393 e. The summed E-state index contributed by atoms with van der Waals surface area (Å²) in [5.41, 5.74) is 0. The summed E-state index contributed by atoms with van der Waals surface area (Å²) >= 11 is 4.02. The molecule has 0 aromatic carbocycles. The minimum absolute atomic E-state index is 0.189. The van der Waals surface area contributed by atoms with Crippen molar-refractivity contribution in [1.82, 2.24) is 10.2 Å². The van der Waals surface area contributed by atoms with Crippen molar-refractivity contribution in [2.24, 2.45) is 0 Å². The molecule has 2 atom stereocenters. The van der Waals surface area contributed by atoms with Gasteiger partial charge in [0.25, 0.3) is 0 Å². The van der Waals surface area contributed by atoms with Crippen molar-refractivity contribution < 1.29 is 14.7 Å². The number of aliphatic hydroxyl groups is 1. The standard InChI is InChI=1S/C10H20N2O3S/c1-7(13)4-5-12(3)10(15)9(6-16)11-8(2)14/h7,9,13,16H,4-6H2,1-3H3,(H,11,14). The van der Waals surface area contributed by atoms with Gasteiger partial charge in [-0.25, -0.2) is 0 Å². The Morgan fingerprint density at radius 3 is 2.44 bits per heavy atom. The summed E-state index contributed by atoms with van der Waals surface area (Å²) < 4.78 is 0. The third-order valence-corrected chi connectivity index (χ3v) is 2.48. The number of nitrogens with one attached hydrogen (secondary N) is 1. The van der Waals surface area contributed by atoms with E-state index in [1.54, 1.807) is 14.0 Å². The summed E-state index contributed by atoms with van der Waals surface area (Å²) in [5, 5.41) is 11.6. The normalized spacial score (nSPS) is 14.1. The molecule has 0 aliphatic carbocycles. The van der Waals surface area contributed by atoms with Gasteiger partial charge in [0, 0.05) is 26.3 Å². The molecule has 0 heterocycles. The number of aliphatic hydroxyl groups excluding tert-OH is 1. The minimum atomic E-state index is -0.597. The third kappa shape index (κ3) is 5.97. The molecule has 0 saturated carbocycles. The molecule has 16 heavy (non-hydrogen) atoms. The molecular weight excluding hydrogens is 228 g/mol. The SMILES string of the molecule is CC(=O)NC(CS)C(=O)N(C)CCC(C)O. The van der Waals surface area contributed by atoms with Gasteiger partial charge in [0.2, 0.25) is 11.8 Å². The van der Waals surface area contributed by atoms with Gasteiger partial charge in [0.05, 0.1) is 6.10 Å². The van der Waals surface area contributed by atoms with E-state index in [0.29, 0.717) is 13.0 Å². The first-order chi connectivity index (χ1) is 7.38. The largest absolute Gasteiger partial charge is 0.393 e. The molecule has 0 radical (unpaired) electrons. The predicted molar refractivity (Wildman–Crippen MR) is 65.4 cm³/mol. The summed E-state index contributed by atoms with van der Waals surface area (Å²) in [6, 6.07) is -0.597. The van der Waals surface area contributed by atoms with Crippen molar-refractivity contribution in [3.05, 3.63) is 0 Å². The van der Waals surface area contributed by atoms with Gasteiger partial charge in [0.15, 0.2) is 0 Å². The highest BCUT2D eigenvalue weighted by Gasteiger charge is 2.21. The third-order valence-electron chi connectivity index (χ3n) is 2.12. The Bertz CT molecular complexity index is 246. The zero-order chi connectivity index (χ0) is 12.7. The number of amides is 2. The molecule has 2 amide bonds. The van der Waals surface area contributed by atoms with Crippen LogP contribution in [0.1, 0.15) is 20.3 Å². The first kappa shape index (κ1) is 15.2. The Morgan fingerprint density at radius 1 is 1.50 bits per heavy atom. The van der Waals surface area contributed by atoms with Crippen LogP contribution in [0.15, 0.2) is 0 Å². The molecule has 0 rings (SSSR count). The Kier molecular flexibility index (Phi) is 7.16. The fourth-order valence-corrected chi connectivity index (χ4v) is 1.44.